The second-order valence-corrected chi connectivity index (χ2v) is 6.78. The molecule has 0 bridgehead atoms. The van der Waals surface area contributed by atoms with Crippen LogP contribution in [0.25, 0.3) is 11.1 Å². The van der Waals surface area contributed by atoms with E-state index < -0.39 is 0 Å². The molecule has 0 saturated carbocycles. The SMILES string of the molecule is O=C(C1=CCCC1)N1CCCC(c2[nH]ncc2-c2ccccc2)C1. The molecular formula is C20H23N3O. The van der Waals surface area contributed by atoms with Gasteiger partial charge < -0.3 is 4.90 Å². The smallest absolute Gasteiger partial charge is 0.249 e. The van der Waals surface area contributed by atoms with Gasteiger partial charge in [-0.3, -0.25) is 9.89 Å². The van der Waals surface area contributed by atoms with E-state index in [1.807, 2.05) is 17.2 Å². The summed E-state index contributed by atoms with van der Waals surface area (Å²) < 4.78 is 0. The molecule has 2 aliphatic rings. The van der Waals surface area contributed by atoms with Crippen molar-refractivity contribution in [2.24, 2.45) is 0 Å². The van der Waals surface area contributed by atoms with Gasteiger partial charge in [0.05, 0.1) is 6.20 Å². The van der Waals surface area contributed by atoms with Crippen molar-refractivity contribution in [1.29, 1.82) is 0 Å². The summed E-state index contributed by atoms with van der Waals surface area (Å²) in [5.74, 6) is 0.584. The van der Waals surface area contributed by atoms with Crippen LogP contribution < -0.4 is 0 Å². The lowest BCUT2D eigenvalue weighted by atomic mass is 9.90. The average Bonchev–Trinajstić information content (AvgIpc) is 3.34. The zero-order valence-corrected chi connectivity index (χ0v) is 13.9. The van der Waals surface area contributed by atoms with Gasteiger partial charge in [0, 0.05) is 35.8 Å². The van der Waals surface area contributed by atoms with E-state index in [4.69, 9.17) is 0 Å². The Bertz CT molecular complexity index is 747. The summed E-state index contributed by atoms with van der Waals surface area (Å²) in [6, 6.07) is 10.4. The highest BCUT2D eigenvalue weighted by Crippen LogP contribution is 2.33. The molecule has 1 fully saturated rings. The molecule has 4 heteroatoms. The Balaban J connectivity index is 1.55. The number of likely N-dealkylation sites (tertiary alicyclic amines) is 1. The van der Waals surface area contributed by atoms with Gasteiger partial charge in [-0.15, -0.1) is 0 Å². The Morgan fingerprint density at radius 3 is 2.88 bits per heavy atom. The van der Waals surface area contributed by atoms with E-state index in [1.165, 1.54) is 11.3 Å². The molecule has 24 heavy (non-hydrogen) atoms. The monoisotopic (exact) mass is 321 g/mol. The first-order valence-electron chi connectivity index (χ1n) is 8.90. The molecule has 1 saturated heterocycles. The number of piperidine rings is 1. The van der Waals surface area contributed by atoms with E-state index in [9.17, 15) is 4.79 Å². The van der Waals surface area contributed by atoms with Crippen LogP contribution in [-0.4, -0.2) is 34.1 Å². The fourth-order valence-electron chi connectivity index (χ4n) is 3.92. The zero-order valence-electron chi connectivity index (χ0n) is 13.9. The van der Waals surface area contributed by atoms with E-state index in [2.05, 4.69) is 40.5 Å². The highest BCUT2D eigenvalue weighted by molar-refractivity contribution is 5.94. The van der Waals surface area contributed by atoms with Gasteiger partial charge in [0.25, 0.3) is 0 Å². The molecule has 2 aromatic rings. The van der Waals surface area contributed by atoms with Gasteiger partial charge >= 0.3 is 0 Å². The minimum absolute atomic E-state index is 0.248. The number of hydrogen-bond acceptors (Lipinski definition) is 2. The van der Waals surface area contributed by atoms with Crippen LogP contribution in [0.5, 0.6) is 0 Å². The molecule has 1 N–H and O–H groups in total. The standard InChI is InChI=1S/C20H23N3O/c24-20(16-9-4-5-10-16)23-12-6-11-17(14-23)19-18(13-21-22-19)15-7-2-1-3-8-15/h1-3,7-9,13,17H,4-6,10-12,14H2,(H,21,22). The number of carbonyl (C=O) groups excluding carboxylic acids is 1. The summed E-state index contributed by atoms with van der Waals surface area (Å²) in [6.07, 6.45) is 9.30. The number of H-pyrrole nitrogens is 1. The molecule has 1 aliphatic heterocycles. The molecule has 0 spiro atoms. The second-order valence-electron chi connectivity index (χ2n) is 6.78. The maximum Gasteiger partial charge on any atom is 0.249 e. The number of nitrogens with one attached hydrogen (secondary N) is 1. The third-order valence-electron chi connectivity index (χ3n) is 5.19. The number of allylic oxidation sites excluding steroid dienone is 1. The van der Waals surface area contributed by atoms with Gasteiger partial charge in [0.1, 0.15) is 0 Å². The van der Waals surface area contributed by atoms with E-state index >= 15 is 0 Å². The van der Waals surface area contributed by atoms with Gasteiger partial charge in [0.15, 0.2) is 0 Å². The van der Waals surface area contributed by atoms with Gasteiger partial charge in [-0.2, -0.15) is 5.10 Å². The van der Waals surface area contributed by atoms with Crippen molar-refractivity contribution >= 4 is 5.91 Å². The summed E-state index contributed by atoms with van der Waals surface area (Å²) in [5, 5.41) is 7.48. The third-order valence-corrected chi connectivity index (χ3v) is 5.19. The Labute approximate surface area is 142 Å². The average molecular weight is 321 g/mol. The summed E-state index contributed by atoms with van der Waals surface area (Å²) in [5.41, 5.74) is 4.53. The number of aromatic nitrogens is 2. The highest BCUT2D eigenvalue weighted by Gasteiger charge is 2.29. The van der Waals surface area contributed by atoms with Gasteiger partial charge in [-0.1, -0.05) is 36.4 Å². The van der Waals surface area contributed by atoms with Crippen molar-refractivity contribution in [2.45, 2.75) is 38.0 Å². The molecule has 1 atom stereocenters. The number of carbonyl (C=O) groups is 1. The number of benzene rings is 1. The molecule has 0 radical (unpaired) electrons. The fourth-order valence-corrected chi connectivity index (χ4v) is 3.92. The van der Waals surface area contributed by atoms with Crippen molar-refractivity contribution < 1.29 is 4.79 Å². The van der Waals surface area contributed by atoms with Gasteiger partial charge in [-0.05, 0) is 37.7 Å². The number of hydrogen-bond donors (Lipinski definition) is 1. The van der Waals surface area contributed by atoms with Crippen LogP contribution in [0, 0.1) is 0 Å². The van der Waals surface area contributed by atoms with Crippen molar-refractivity contribution in [3.8, 4) is 11.1 Å². The zero-order chi connectivity index (χ0) is 16.4. The van der Waals surface area contributed by atoms with Crippen molar-refractivity contribution in [2.75, 3.05) is 13.1 Å². The first kappa shape index (κ1) is 15.2. The van der Waals surface area contributed by atoms with Crippen LogP contribution >= 0.6 is 0 Å². The second kappa shape index (κ2) is 6.63. The first-order valence-corrected chi connectivity index (χ1v) is 8.90. The summed E-state index contributed by atoms with van der Waals surface area (Å²) >= 11 is 0. The molecule has 1 aliphatic carbocycles. The van der Waals surface area contributed by atoms with E-state index in [-0.39, 0.29) is 5.91 Å². The lowest BCUT2D eigenvalue weighted by Gasteiger charge is -2.33. The lowest BCUT2D eigenvalue weighted by molar-refractivity contribution is -0.128. The maximum atomic E-state index is 12.7. The van der Waals surface area contributed by atoms with Crippen molar-refractivity contribution in [3.05, 3.63) is 53.9 Å². The lowest BCUT2D eigenvalue weighted by Crippen LogP contribution is -2.39. The van der Waals surface area contributed by atoms with Crippen LogP contribution in [0.4, 0.5) is 0 Å². The molecule has 1 amide bonds. The fraction of sp³-hybridized carbons (Fsp3) is 0.400. The van der Waals surface area contributed by atoms with Gasteiger partial charge in [-0.25, -0.2) is 0 Å². The summed E-state index contributed by atoms with van der Waals surface area (Å²) in [7, 11) is 0. The van der Waals surface area contributed by atoms with Crippen molar-refractivity contribution in [1.82, 2.24) is 15.1 Å². The van der Waals surface area contributed by atoms with E-state index in [0.29, 0.717) is 5.92 Å². The van der Waals surface area contributed by atoms with Crippen LogP contribution in [0.1, 0.15) is 43.7 Å². The van der Waals surface area contributed by atoms with E-state index in [1.54, 1.807) is 0 Å². The van der Waals surface area contributed by atoms with Gasteiger partial charge in [0.2, 0.25) is 5.91 Å². The minimum atomic E-state index is 0.248. The van der Waals surface area contributed by atoms with E-state index in [0.717, 1.165) is 56.3 Å². The maximum absolute atomic E-state index is 12.7. The normalized spacial score (nSPS) is 20.9. The molecule has 124 valence electrons. The summed E-state index contributed by atoms with van der Waals surface area (Å²) in [4.78, 5) is 14.7. The topological polar surface area (TPSA) is 49.0 Å². The molecule has 1 unspecified atom stereocenters. The largest absolute Gasteiger partial charge is 0.338 e. The number of nitrogens with zero attached hydrogens (tertiary/aromatic N) is 2. The Morgan fingerprint density at radius 2 is 2.08 bits per heavy atom. The number of amides is 1. The minimum Gasteiger partial charge on any atom is -0.338 e. The van der Waals surface area contributed by atoms with Crippen LogP contribution in [-0.2, 0) is 4.79 Å². The van der Waals surface area contributed by atoms with Crippen LogP contribution in [0.15, 0.2) is 48.2 Å². The molecule has 1 aromatic heterocycles. The predicted octanol–water partition coefficient (Wildman–Crippen LogP) is 3.89. The molecule has 2 heterocycles. The highest BCUT2D eigenvalue weighted by atomic mass is 16.2. The first-order chi connectivity index (χ1) is 11.8. The Morgan fingerprint density at radius 1 is 1.21 bits per heavy atom. The molecular weight excluding hydrogens is 298 g/mol. The number of aromatic amines is 1. The van der Waals surface area contributed by atoms with Crippen LogP contribution in [0.3, 0.4) is 0 Å². The third kappa shape index (κ3) is 2.88. The van der Waals surface area contributed by atoms with Crippen LogP contribution in [0.2, 0.25) is 0 Å². The Hall–Kier alpha value is -2.36. The number of rotatable bonds is 3. The summed E-state index contributed by atoms with van der Waals surface area (Å²) in [6.45, 7) is 1.67. The molecule has 1 aromatic carbocycles. The predicted molar refractivity (Wildman–Crippen MR) is 94.5 cm³/mol. The van der Waals surface area contributed by atoms with Crippen molar-refractivity contribution in [3.63, 3.8) is 0 Å². The Kier molecular flexibility index (Phi) is 4.20. The quantitative estimate of drug-likeness (QED) is 0.932. The molecule has 4 rings (SSSR count). The molecule has 4 nitrogen and oxygen atoms in total.